The number of rotatable bonds is 5. The average Bonchev–Trinajstić information content (AvgIpc) is 3.26. The highest BCUT2D eigenvalue weighted by Crippen LogP contribution is 2.39. The third-order valence-electron chi connectivity index (χ3n) is 4.24. The van der Waals surface area contributed by atoms with E-state index in [1.165, 1.54) is 0 Å². The van der Waals surface area contributed by atoms with Gasteiger partial charge in [-0.2, -0.15) is 5.10 Å². The summed E-state index contributed by atoms with van der Waals surface area (Å²) in [4.78, 5) is 12.4. The van der Waals surface area contributed by atoms with Crippen molar-refractivity contribution in [3.63, 3.8) is 0 Å². The molecule has 116 valence electrons. The van der Waals surface area contributed by atoms with Crippen LogP contribution in [0.4, 0.5) is 0 Å². The van der Waals surface area contributed by atoms with E-state index >= 15 is 0 Å². The fraction of sp³-hybridized carbons (Fsp3) is 0.375. The summed E-state index contributed by atoms with van der Waals surface area (Å²) in [5.41, 5.74) is 6.98. The van der Waals surface area contributed by atoms with Gasteiger partial charge in [0.05, 0.1) is 23.0 Å². The van der Waals surface area contributed by atoms with Crippen LogP contribution in [0.1, 0.15) is 30.1 Å². The predicted molar refractivity (Wildman–Crippen MR) is 88.9 cm³/mol. The van der Waals surface area contributed by atoms with Crippen LogP contribution in [0.3, 0.4) is 0 Å². The van der Waals surface area contributed by atoms with Gasteiger partial charge in [0, 0.05) is 17.2 Å². The Balaban J connectivity index is 1.75. The van der Waals surface area contributed by atoms with E-state index < -0.39 is 0 Å². The van der Waals surface area contributed by atoms with Crippen molar-refractivity contribution in [2.75, 3.05) is 6.54 Å². The van der Waals surface area contributed by atoms with Gasteiger partial charge in [-0.25, -0.2) is 4.68 Å². The first-order chi connectivity index (χ1) is 10.5. The van der Waals surface area contributed by atoms with Crippen LogP contribution in [0.5, 0.6) is 0 Å². The van der Waals surface area contributed by atoms with Crippen molar-refractivity contribution in [3.05, 3.63) is 46.7 Å². The third-order valence-corrected chi connectivity index (χ3v) is 4.77. The van der Waals surface area contributed by atoms with Crippen LogP contribution in [0.15, 0.2) is 41.1 Å². The molecule has 1 unspecified atom stereocenters. The molecule has 1 aliphatic rings. The molecule has 0 aliphatic heterocycles. The maximum Gasteiger partial charge on any atom is 0.254 e. The minimum atomic E-state index is -0.323. The monoisotopic (exact) mass is 362 g/mol. The Morgan fingerprint density at radius 1 is 1.45 bits per heavy atom. The molecule has 1 aromatic heterocycles. The van der Waals surface area contributed by atoms with Crippen LogP contribution < -0.4 is 11.1 Å². The molecule has 3 N–H and O–H groups in total. The first-order valence-corrected chi connectivity index (χ1v) is 8.14. The Hall–Kier alpha value is -1.66. The molecule has 0 bridgehead atoms. The summed E-state index contributed by atoms with van der Waals surface area (Å²) < 4.78 is 2.70. The Morgan fingerprint density at radius 2 is 2.14 bits per heavy atom. The summed E-state index contributed by atoms with van der Waals surface area (Å²) >= 11 is 3.40. The zero-order valence-corrected chi connectivity index (χ0v) is 14.0. The number of aromatic nitrogens is 2. The molecule has 5 nitrogen and oxygen atoms in total. The molecular weight excluding hydrogens is 344 g/mol. The molecule has 1 aromatic carbocycles. The SMILES string of the molecule is CC(CN)(NC(=O)c1cnn(-c2ccc(Br)cc2)c1)C1CC1. The lowest BCUT2D eigenvalue weighted by Crippen LogP contribution is -2.53. The van der Waals surface area contributed by atoms with E-state index in [1.807, 2.05) is 31.2 Å². The summed E-state index contributed by atoms with van der Waals surface area (Å²) in [6.45, 7) is 2.46. The van der Waals surface area contributed by atoms with E-state index in [0.717, 1.165) is 23.0 Å². The van der Waals surface area contributed by atoms with Crippen molar-refractivity contribution >= 4 is 21.8 Å². The number of hydrogen-bond donors (Lipinski definition) is 2. The van der Waals surface area contributed by atoms with Gasteiger partial charge >= 0.3 is 0 Å². The number of amides is 1. The largest absolute Gasteiger partial charge is 0.345 e. The normalized spacial score (nSPS) is 17.0. The van der Waals surface area contributed by atoms with Gasteiger partial charge in [-0.05, 0) is 49.9 Å². The number of nitrogens with zero attached hydrogens (tertiary/aromatic N) is 2. The smallest absolute Gasteiger partial charge is 0.254 e. The quantitative estimate of drug-likeness (QED) is 0.857. The maximum atomic E-state index is 12.4. The standard InChI is InChI=1S/C16H19BrN4O/c1-16(10-18,12-2-3-12)20-15(22)11-8-19-21(9-11)14-6-4-13(17)5-7-14/h4-9,12H,2-3,10,18H2,1H3,(H,20,22). The van der Waals surface area contributed by atoms with E-state index in [1.54, 1.807) is 17.1 Å². The van der Waals surface area contributed by atoms with E-state index in [0.29, 0.717) is 18.0 Å². The van der Waals surface area contributed by atoms with Gasteiger partial charge < -0.3 is 11.1 Å². The molecular formula is C16H19BrN4O. The predicted octanol–water partition coefficient (Wildman–Crippen LogP) is 2.49. The first-order valence-electron chi connectivity index (χ1n) is 7.35. The van der Waals surface area contributed by atoms with Gasteiger partial charge in [-0.1, -0.05) is 15.9 Å². The van der Waals surface area contributed by atoms with Crippen molar-refractivity contribution < 1.29 is 4.79 Å². The fourth-order valence-corrected chi connectivity index (χ4v) is 2.81. The molecule has 6 heteroatoms. The number of halogens is 1. The lowest BCUT2D eigenvalue weighted by molar-refractivity contribution is 0.0898. The molecule has 3 rings (SSSR count). The molecule has 0 spiro atoms. The van der Waals surface area contributed by atoms with Crippen LogP contribution in [0.2, 0.25) is 0 Å². The van der Waals surface area contributed by atoms with Crippen LogP contribution in [-0.4, -0.2) is 27.8 Å². The maximum absolute atomic E-state index is 12.4. The van der Waals surface area contributed by atoms with Gasteiger partial charge in [0.2, 0.25) is 0 Å². The summed E-state index contributed by atoms with van der Waals surface area (Å²) in [6.07, 6.45) is 5.59. The Morgan fingerprint density at radius 3 is 2.73 bits per heavy atom. The number of hydrogen-bond acceptors (Lipinski definition) is 3. The lowest BCUT2D eigenvalue weighted by atomic mass is 9.95. The number of nitrogens with two attached hydrogens (primary N) is 1. The van der Waals surface area contributed by atoms with Crippen LogP contribution >= 0.6 is 15.9 Å². The molecule has 1 atom stereocenters. The molecule has 1 saturated carbocycles. The summed E-state index contributed by atoms with van der Waals surface area (Å²) in [7, 11) is 0. The molecule has 1 heterocycles. The average molecular weight is 363 g/mol. The molecule has 1 aliphatic carbocycles. The minimum Gasteiger partial charge on any atom is -0.345 e. The number of nitrogens with one attached hydrogen (secondary N) is 1. The lowest BCUT2D eigenvalue weighted by Gasteiger charge is -2.29. The fourth-order valence-electron chi connectivity index (χ4n) is 2.55. The number of benzene rings is 1. The Labute approximate surface area is 138 Å². The highest BCUT2D eigenvalue weighted by Gasteiger charge is 2.41. The Bertz CT molecular complexity index is 678. The van der Waals surface area contributed by atoms with Crippen LogP contribution in [0.25, 0.3) is 5.69 Å². The summed E-state index contributed by atoms with van der Waals surface area (Å²) in [6, 6.07) is 7.75. The molecule has 1 amide bonds. The summed E-state index contributed by atoms with van der Waals surface area (Å²) in [5.74, 6) is 0.367. The summed E-state index contributed by atoms with van der Waals surface area (Å²) in [5, 5.41) is 7.33. The van der Waals surface area contributed by atoms with E-state index in [2.05, 4.69) is 26.3 Å². The second-order valence-electron chi connectivity index (χ2n) is 6.00. The van der Waals surface area contributed by atoms with E-state index in [9.17, 15) is 4.79 Å². The van der Waals surface area contributed by atoms with Crippen LogP contribution in [-0.2, 0) is 0 Å². The topological polar surface area (TPSA) is 72.9 Å². The molecule has 1 fully saturated rings. The number of carbonyl (C=O) groups excluding carboxylic acids is 1. The first kappa shape index (κ1) is 15.2. The second kappa shape index (κ2) is 5.85. The molecule has 2 aromatic rings. The second-order valence-corrected chi connectivity index (χ2v) is 6.92. The van der Waals surface area contributed by atoms with Crippen molar-refractivity contribution in [3.8, 4) is 5.69 Å². The van der Waals surface area contributed by atoms with Crippen molar-refractivity contribution in [1.82, 2.24) is 15.1 Å². The van der Waals surface area contributed by atoms with Gasteiger partial charge in [0.15, 0.2) is 0 Å². The molecule has 0 radical (unpaired) electrons. The Kier molecular flexibility index (Phi) is 4.06. The number of carbonyl (C=O) groups is 1. The van der Waals surface area contributed by atoms with Crippen molar-refractivity contribution in [2.24, 2.45) is 11.7 Å². The zero-order chi connectivity index (χ0) is 15.7. The zero-order valence-electron chi connectivity index (χ0n) is 12.4. The highest BCUT2D eigenvalue weighted by atomic mass is 79.9. The van der Waals surface area contributed by atoms with Crippen molar-refractivity contribution in [1.29, 1.82) is 0 Å². The third kappa shape index (κ3) is 3.08. The van der Waals surface area contributed by atoms with Crippen molar-refractivity contribution in [2.45, 2.75) is 25.3 Å². The van der Waals surface area contributed by atoms with E-state index in [-0.39, 0.29) is 11.4 Å². The van der Waals surface area contributed by atoms with Crippen LogP contribution in [0, 0.1) is 5.92 Å². The molecule has 22 heavy (non-hydrogen) atoms. The van der Waals surface area contributed by atoms with Gasteiger partial charge in [-0.3, -0.25) is 4.79 Å². The van der Waals surface area contributed by atoms with Gasteiger partial charge in [-0.15, -0.1) is 0 Å². The molecule has 0 saturated heterocycles. The van der Waals surface area contributed by atoms with Gasteiger partial charge in [0.1, 0.15) is 0 Å². The van der Waals surface area contributed by atoms with Gasteiger partial charge in [0.25, 0.3) is 5.91 Å². The highest BCUT2D eigenvalue weighted by molar-refractivity contribution is 9.10. The minimum absolute atomic E-state index is 0.122. The van der Waals surface area contributed by atoms with E-state index in [4.69, 9.17) is 5.73 Å².